The first-order valence-electron chi connectivity index (χ1n) is 6.28. The summed E-state index contributed by atoms with van der Waals surface area (Å²) >= 11 is 0. The van der Waals surface area contributed by atoms with Gasteiger partial charge >= 0.3 is 0 Å². The van der Waals surface area contributed by atoms with Crippen LogP contribution in [0.5, 0.6) is 0 Å². The molecular weight excluding hydrogens is 255 g/mol. The Balaban J connectivity index is 1.71. The van der Waals surface area contributed by atoms with Crippen LogP contribution < -0.4 is 5.32 Å². The maximum Gasteiger partial charge on any atom is 0.146 e. The van der Waals surface area contributed by atoms with E-state index in [2.05, 4.69) is 15.5 Å². The lowest BCUT2D eigenvalue weighted by Crippen LogP contribution is -2.03. The second-order valence-corrected chi connectivity index (χ2v) is 4.29. The van der Waals surface area contributed by atoms with Crippen molar-refractivity contribution in [1.82, 2.24) is 15.0 Å². The molecule has 0 atom stereocenters. The van der Waals surface area contributed by atoms with E-state index in [9.17, 15) is 4.39 Å². The van der Waals surface area contributed by atoms with Gasteiger partial charge in [-0.2, -0.15) is 15.0 Å². The van der Waals surface area contributed by atoms with Crippen molar-refractivity contribution in [3.8, 4) is 5.69 Å². The number of nitrogens with one attached hydrogen (secondary N) is 1. The molecule has 100 valence electrons. The highest BCUT2D eigenvalue weighted by atomic mass is 19.1. The average Bonchev–Trinajstić information content (AvgIpc) is 2.96. The number of aromatic nitrogens is 3. The van der Waals surface area contributed by atoms with Gasteiger partial charge in [-0.1, -0.05) is 30.3 Å². The van der Waals surface area contributed by atoms with Crippen molar-refractivity contribution in [2.45, 2.75) is 6.54 Å². The van der Waals surface area contributed by atoms with Crippen LogP contribution in [0, 0.1) is 5.82 Å². The molecule has 0 aliphatic rings. The zero-order valence-electron chi connectivity index (χ0n) is 10.7. The van der Waals surface area contributed by atoms with Crippen molar-refractivity contribution < 1.29 is 4.39 Å². The number of anilines is 1. The molecule has 0 amide bonds. The highest BCUT2D eigenvalue weighted by Crippen LogP contribution is 2.13. The Bertz CT molecular complexity index is 694. The first-order valence-corrected chi connectivity index (χ1v) is 6.28. The summed E-state index contributed by atoms with van der Waals surface area (Å²) in [5.74, 6) is -0.275. The lowest BCUT2D eigenvalue weighted by molar-refractivity contribution is 0.630. The number of halogens is 1. The number of hydrogen-bond acceptors (Lipinski definition) is 3. The van der Waals surface area contributed by atoms with E-state index in [0.29, 0.717) is 12.2 Å². The van der Waals surface area contributed by atoms with Crippen LogP contribution in [-0.2, 0) is 6.54 Å². The van der Waals surface area contributed by atoms with Gasteiger partial charge in [-0.15, -0.1) is 0 Å². The van der Waals surface area contributed by atoms with Crippen molar-refractivity contribution in [3.05, 3.63) is 72.3 Å². The third kappa shape index (κ3) is 2.66. The van der Waals surface area contributed by atoms with Gasteiger partial charge in [-0.25, -0.2) is 4.39 Å². The van der Waals surface area contributed by atoms with E-state index >= 15 is 0 Å². The summed E-state index contributed by atoms with van der Waals surface area (Å²) in [7, 11) is 0. The molecule has 0 spiro atoms. The highest BCUT2D eigenvalue weighted by molar-refractivity contribution is 5.44. The molecule has 2 aromatic carbocycles. The molecule has 0 aliphatic carbocycles. The molecule has 20 heavy (non-hydrogen) atoms. The van der Waals surface area contributed by atoms with Crippen LogP contribution >= 0.6 is 0 Å². The van der Waals surface area contributed by atoms with E-state index in [1.54, 1.807) is 29.2 Å². The second-order valence-electron chi connectivity index (χ2n) is 4.29. The van der Waals surface area contributed by atoms with E-state index in [-0.39, 0.29) is 5.82 Å². The second kappa shape index (κ2) is 5.52. The van der Waals surface area contributed by atoms with Crippen LogP contribution in [0.2, 0.25) is 0 Å². The first-order chi connectivity index (χ1) is 9.83. The smallest absolute Gasteiger partial charge is 0.146 e. The monoisotopic (exact) mass is 268 g/mol. The summed E-state index contributed by atoms with van der Waals surface area (Å²) in [5, 5.41) is 11.5. The van der Waals surface area contributed by atoms with Crippen LogP contribution in [0.4, 0.5) is 10.1 Å². The SMILES string of the molecule is Fc1ccccc1NCc1cnn(-c2ccccc2)n1. The average molecular weight is 268 g/mol. The molecule has 0 aliphatic heterocycles. The fourth-order valence-corrected chi connectivity index (χ4v) is 1.85. The molecular formula is C15H13FN4. The van der Waals surface area contributed by atoms with Crippen LogP contribution in [0.1, 0.15) is 5.69 Å². The minimum absolute atomic E-state index is 0.275. The summed E-state index contributed by atoms with van der Waals surface area (Å²) < 4.78 is 13.5. The van der Waals surface area contributed by atoms with Gasteiger partial charge in [0.1, 0.15) is 11.5 Å². The number of benzene rings is 2. The molecule has 0 saturated carbocycles. The van der Waals surface area contributed by atoms with Crippen molar-refractivity contribution in [3.63, 3.8) is 0 Å². The van der Waals surface area contributed by atoms with Gasteiger partial charge in [0.25, 0.3) is 0 Å². The van der Waals surface area contributed by atoms with E-state index in [0.717, 1.165) is 11.4 Å². The van der Waals surface area contributed by atoms with E-state index in [4.69, 9.17) is 0 Å². The summed E-state index contributed by atoms with van der Waals surface area (Å²) in [5.41, 5.74) is 2.10. The third-order valence-corrected chi connectivity index (χ3v) is 2.86. The van der Waals surface area contributed by atoms with Gasteiger partial charge in [0.05, 0.1) is 24.1 Å². The van der Waals surface area contributed by atoms with Crippen LogP contribution in [0.15, 0.2) is 60.8 Å². The molecule has 3 aromatic rings. The summed E-state index contributed by atoms with van der Waals surface area (Å²) in [4.78, 5) is 1.55. The van der Waals surface area contributed by atoms with E-state index in [1.165, 1.54) is 6.07 Å². The molecule has 1 aromatic heterocycles. The van der Waals surface area contributed by atoms with Gasteiger partial charge in [-0.3, -0.25) is 0 Å². The van der Waals surface area contributed by atoms with Gasteiger partial charge in [0.2, 0.25) is 0 Å². The van der Waals surface area contributed by atoms with Gasteiger partial charge in [0, 0.05) is 0 Å². The fourth-order valence-electron chi connectivity index (χ4n) is 1.85. The minimum atomic E-state index is -0.275. The molecule has 0 saturated heterocycles. The molecule has 1 heterocycles. The zero-order valence-corrected chi connectivity index (χ0v) is 10.7. The first kappa shape index (κ1) is 12.3. The molecule has 0 radical (unpaired) electrons. The Morgan fingerprint density at radius 3 is 2.55 bits per heavy atom. The number of hydrogen-bond donors (Lipinski definition) is 1. The van der Waals surface area contributed by atoms with Gasteiger partial charge < -0.3 is 5.32 Å². The predicted octanol–water partition coefficient (Wildman–Crippen LogP) is 3.02. The van der Waals surface area contributed by atoms with Crippen LogP contribution in [0.25, 0.3) is 5.69 Å². The lowest BCUT2D eigenvalue weighted by atomic mass is 10.3. The van der Waals surface area contributed by atoms with Crippen molar-refractivity contribution in [2.24, 2.45) is 0 Å². The lowest BCUT2D eigenvalue weighted by Gasteiger charge is -2.04. The van der Waals surface area contributed by atoms with Gasteiger partial charge in [-0.05, 0) is 24.3 Å². The topological polar surface area (TPSA) is 42.7 Å². The summed E-state index contributed by atoms with van der Waals surface area (Å²) in [6, 6.07) is 16.2. The largest absolute Gasteiger partial charge is 0.377 e. The van der Waals surface area contributed by atoms with Gasteiger partial charge in [0.15, 0.2) is 0 Å². The van der Waals surface area contributed by atoms with Crippen molar-refractivity contribution in [1.29, 1.82) is 0 Å². The van der Waals surface area contributed by atoms with Crippen molar-refractivity contribution in [2.75, 3.05) is 5.32 Å². The molecule has 4 nitrogen and oxygen atoms in total. The maximum absolute atomic E-state index is 13.5. The Kier molecular flexibility index (Phi) is 3.41. The standard InChI is InChI=1S/C15H13FN4/c16-14-8-4-5-9-15(14)17-10-12-11-18-20(19-12)13-6-2-1-3-7-13/h1-9,11,17H,10H2. The Labute approximate surface area is 115 Å². The molecule has 0 unspecified atom stereocenters. The van der Waals surface area contributed by atoms with Crippen molar-refractivity contribution >= 4 is 5.69 Å². The summed E-state index contributed by atoms with van der Waals surface area (Å²) in [6.45, 7) is 0.424. The third-order valence-electron chi connectivity index (χ3n) is 2.86. The molecule has 0 fully saturated rings. The Hall–Kier alpha value is -2.69. The molecule has 1 N–H and O–H groups in total. The number of nitrogens with zero attached hydrogens (tertiary/aromatic N) is 3. The number of para-hydroxylation sites is 2. The molecule has 3 rings (SSSR count). The Morgan fingerprint density at radius 2 is 1.75 bits per heavy atom. The fraction of sp³-hybridized carbons (Fsp3) is 0.0667. The quantitative estimate of drug-likeness (QED) is 0.791. The highest BCUT2D eigenvalue weighted by Gasteiger charge is 2.04. The summed E-state index contributed by atoms with van der Waals surface area (Å²) in [6.07, 6.45) is 1.67. The van der Waals surface area contributed by atoms with E-state index < -0.39 is 0 Å². The normalized spacial score (nSPS) is 10.4. The number of rotatable bonds is 4. The Morgan fingerprint density at radius 1 is 1.00 bits per heavy atom. The van der Waals surface area contributed by atoms with Crippen LogP contribution in [-0.4, -0.2) is 15.0 Å². The van der Waals surface area contributed by atoms with Crippen LogP contribution in [0.3, 0.4) is 0 Å². The van der Waals surface area contributed by atoms with E-state index in [1.807, 2.05) is 30.3 Å². The maximum atomic E-state index is 13.5. The molecule has 0 bridgehead atoms. The minimum Gasteiger partial charge on any atom is -0.377 e. The zero-order chi connectivity index (χ0) is 13.8. The predicted molar refractivity (Wildman–Crippen MR) is 75.1 cm³/mol. The molecule has 5 heteroatoms.